The highest BCUT2D eigenvalue weighted by molar-refractivity contribution is 7.99. The van der Waals surface area contributed by atoms with E-state index in [0.29, 0.717) is 11.7 Å². The Morgan fingerprint density at radius 2 is 1.79 bits per heavy atom. The highest BCUT2D eigenvalue weighted by Crippen LogP contribution is 2.26. The van der Waals surface area contributed by atoms with Crippen molar-refractivity contribution in [3.05, 3.63) is 90.0 Å². The third-order valence-corrected chi connectivity index (χ3v) is 6.29. The van der Waals surface area contributed by atoms with E-state index in [1.807, 2.05) is 102 Å². The molecule has 0 fully saturated rings. The Labute approximate surface area is 198 Å². The van der Waals surface area contributed by atoms with Crippen LogP contribution in [0, 0.1) is 6.92 Å². The molecule has 0 atom stereocenters. The van der Waals surface area contributed by atoms with Gasteiger partial charge in [0, 0.05) is 18.3 Å². The number of methoxy groups -OCH3 is 1. The molecule has 0 radical (unpaired) electrons. The molecule has 7 heteroatoms. The molecule has 0 aliphatic heterocycles. The van der Waals surface area contributed by atoms with Gasteiger partial charge in [-0.2, -0.15) is 0 Å². The number of hydrogen-bond donors (Lipinski definition) is 0. The van der Waals surface area contributed by atoms with Crippen LogP contribution < -0.4 is 9.64 Å². The molecule has 1 aromatic heterocycles. The summed E-state index contributed by atoms with van der Waals surface area (Å²) in [6, 6.07) is 25.7. The first-order chi connectivity index (χ1) is 16.0. The van der Waals surface area contributed by atoms with E-state index < -0.39 is 0 Å². The summed E-state index contributed by atoms with van der Waals surface area (Å²) in [5.74, 6) is 1.75. The number of carbonyl (C=O) groups is 1. The van der Waals surface area contributed by atoms with Crippen LogP contribution >= 0.6 is 11.8 Å². The lowest BCUT2D eigenvalue weighted by Gasteiger charge is -2.23. The van der Waals surface area contributed by atoms with Crippen LogP contribution in [0.15, 0.2) is 84.0 Å². The number of hydrogen-bond acceptors (Lipinski definition) is 5. The quantitative estimate of drug-likeness (QED) is 0.343. The van der Waals surface area contributed by atoms with Gasteiger partial charge in [-0.1, -0.05) is 66.4 Å². The van der Waals surface area contributed by atoms with Crippen LogP contribution in [0.2, 0.25) is 0 Å². The fourth-order valence-electron chi connectivity index (χ4n) is 3.54. The summed E-state index contributed by atoms with van der Waals surface area (Å²) >= 11 is 1.39. The third kappa shape index (κ3) is 5.43. The fourth-order valence-corrected chi connectivity index (χ4v) is 4.33. The van der Waals surface area contributed by atoms with Gasteiger partial charge < -0.3 is 14.2 Å². The normalized spacial score (nSPS) is 10.8. The number of anilines is 1. The van der Waals surface area contributed by atoms with Crippen molar-refractivity contribution >= 4 is 23.4 Å². The molecule has 168 valence electrons. The van der Waals surface area contributed by atoms with Crippen LogP contribution in [0.1, 0.15) is 11.1 Å². The van der Waals surface area contributed by atoms with Crippen LogP contribution in [-0.2, 0) is 18.4 Å². The molecule has 3 aromatic carbocycles. The van der Waals surface area contributed by atoms with Crippen LogP contribution in [0.5, 0.6) is 5.75 Å². The number of amides is 1. The highest BCUT2D eigenvalue weighted by atomic mass is 32.2. The summed E-state index contributed by atoms with van der Waals surface area (Å²) in [6.07, 6.45) is 0. The van der Waals surface area contributed by atoms with E-state index in [1.165, 1.54) is 11.8 Å². The number of thioether (sulfide) groups is 1. The van der Waals surface area contributed by atoms with E-state index in [1.54, 1.807) is 7.11 Å². The van der Waals surface area contributed by atoms with Gasteiger partial charge >= 0.3 is 0 Å². The van der Waals surface area contributed by atoms with Crippen LogP contribution in [0.4, 0.5) is 5.69 Å². The second-order valence-corrected chi connectivity index (χ2v) is 8.63. The molecule has 0 N–H and O–H groups in total. The average molecular weight is 459 g/mol. The minimum atomic E-state index is 0.0142. The van der Waals surface area contributed by atoms with Crippen LogP contribution in [0.25, 0.3) is 11.4 Å². The second kappa shape index (κ2) is 10.4. The van der Waals surface area contributed by atoms with Gasteiger partial charge in [-0.05, 0) is 42.3 Å². The van der Waals surface area contributed by atoms with Crippen molar-refractivity contribution in [3.8, 4) is 17.1 Å². The van der Waals surface area contributed by atoms with Gasteiger partial charge in [0.2, 0.25) is 5.91 Å². The van der Waals surface area contributed by atoms with Gasteiger partial charge in [0.15, 0.2) is 11.0 Å². The standard InChI is InChI=1S/C26H26N4O2S/c1-19-9-7-13-22(15-19)30(17-20-10-5-4-6-11-20)24(31)18-33-26-28-27-25(29(26)2)21-12-8-14-23(16-21)32-3/h4-16H,17-18H2,1-3H3. The van der Waals surface area contributed by atoms with E-state index >= 15 is 0 Å². The van der Waals surface area contributed by atoms with Gasteiger partial charge in [0.05, 0.1) is 19.4 Å². The van der Waals surface area contributed by atoms with Gasteiger partial charge in [0.1, 0.15) is 5.75 Å². The van der Waals surface area contributed by atoms with E-state index in [2.05, 4.69) is 10.2 Å². The van der Waals surface area contributed by atoms with E-state index in [4.69, 9.17) is 4.74 Å². The first-order valence-electron chi connectivity index (χ1n) is 10.6. The maximum atomic E-state index is 13.3. The zero-order valence-corrected chi connectivity index (χ0v) is 19.7. The van der Waals surface area contributed by atoms with Gasteiger partial charge in [-0.3, -0.25) is 4.79 Å². The molecule has 0 aliphatic carbocycles. The first kappa shape index (κ1) is 22.6. The van der Waals surface area contributed by atoms with Crippen LogP contribution in [-0.4, -0.2) is 33.5 Å². The zero-order chi connectivity index (χ0) is 23.2. The van der Waals surface area contributed by atoms with Crippen molar-refractivity contribution in [3.63, 3.8) is 0 Å². The van der Waals surface area contributed by atoms with Crippen molar-refractivity contribution in [2.24, 2.45) is 7.05 Å². The molecule has 6 nitrogen and oxygen atoms in total. The average Bonchev–Trinajstić information content (AvgIpc) is 3.21. The molecule has 1 heterocycles. The predicted molar refractivity (Wildman–Crippen MR) is 133 cm³/mol. The van der Waals surface area contributed by atoms with Gasteiger partial charge in [-0.25, -0.2) is 0 Å². The van der Waals surface area contributed by atoms with Gasteiger partial charge in [-0.15, -0.1) is 10.2 Å². The van der Waals surface area contributed by atoms with Crippen molar-refractivity contribution in [1.29, 1.82) is 0 Å². The summed E-state index contributed by atoms with van der Waals surface area (Å²) in [4.78, 5) is 15.2. The van der Waals surface area contributed by atoms with Crippen LogP contribution in [0.3, 0.4) is 0 Å². The molecule has 1 amide bonds. The molecular weight excluding hydrogens is 432 g/mol. The Hall–Kier alpha value is -3.58. The lowest BCUT2D eigenvalue weighted by molar-refractivity contribution is -0.116. The van der Waals surface area contributed by atoms with E-state index in [9.17, 15) is 4.79 Å². The first-order valence-corrected chi connectivity index (χ1v) is 11.6. The minimum absolute atomic E-state index is 0.0142. The number of benzene rings is 3. The van der Waals surface area contributed by atoms with E-state index in [0.717, 1.165) is 34.0 Å². The summed E-state index contributed by atoms with van der Waals surface area (Å²) in [7, 11) is 3.54. The molecule has 0 aliphatic rings. The molecule has 33 heavy (non-hydrogen) atoms. The van der Waals surface area contributed by atoms with Crippen molar-refractivity contribution < 1.29 is 9.53 Å². The molecule has 0 unspecified atom stereocenters. The van der Waals surface area contributed by atoms with E-state index in [-0.39, 0.29) is 11.7 Å². The van der Waals surface area contributed by atoms with Gasteiger partial charge in [0.25, 0.3) is 0 Å². The number of aromatic nitrogens is 3. The number of nitrogens with zero attached hydrogens (tertiary/aromatic N) is 4. The molecule has 4 rings (SSSR count). The Kier molecular flexibility index (Phi) is 7.10. The highest BCUT2D eigenvalue weighted by Gasteiger charge is 2.19. The molecule has 4 aromatic rings. The molecule has 0 spiro atoms. The number of aryl methyl sites for hydroxylation is 1. The Morgan fingerprint density at radius 1 is 1.00 bits per heavy atom. The lowest BCUT2D eigenvalue weighted by Crippen LogP contribution is -2.32. The Balaban J connectivity index is 1.52. The Bertz CT molecular complexity index is 1240. The smallest absolute Gasteiger partial charge is 0.237 e. The minimum Gasteiger partial charge on any atom is -0.497 e. The second-order valence-electron chi connectivity index (χ2n) is 7.69. The molecule has 0 bridgehead atoms. The Morgan fingerprint density at radius 3 is 2.55 bits per heavy atom. The number of carbonyl (C=O) groups excluding carboxylic acids is 1. The van der Waals surface area contributed by atoms with Crippen molar-refractivity contribution in [2.45, 2.75) is 18.6 Å². The summed E-state index contributed by atoms with van der Waals surface area (Å²) < 4.78 is 7.22. The van der Waals surface area contributed by atoms with Crippen molar-refractivity contribution in [2.75, 3.05) is 17.8 Å². The summed E-state index contributed by atoms with van der Waals surface area (Å²) in [6.45, 7) is 2.54. The molecule has 0 saturated heterocycles. The zero-order valence-electron chi connectivity index (χ0n) is 18.9. The predicted octanol–water partition coefficient (Wildman–Crippen LogP) is 5.12. The number of rotatable bonds is 8. The topological polar surface area (TPSA) is 60.3 Å². The number of ether oxygens (including phenoxy) is 1. The maximum absolute atomic E-state index is 13.3. The SMILES string of the molecule is COc1cccc(-c2nnc(SCC(=O)N(Cc3ccccc3)c3cccc(C)c3)n2C)c1. The maximum Gasteiger partial charge on any atom is 0.237 e. The molecular formula is C26H26N4O2S. The largest absolute Gasteiger partial charge is 0.497 e. The summed E-state index contributed by atoms with van der Waals surface area (Å²) in [5.41, 5.74) is 3.99. The summed E-state index contributed by atoms with van der Waals surface area (Å²) in [5, 5.41) is 9.33. The third-order valence-electron chi connectivity index (χ3n) is 5.29. The lowest BCUT2D eigenvalue weighted by atomic mass is 10.1. The fraction of sp³-hybridized carbons (Fsp3) is 0.192. The van der Waals surface area contributed by atoms with Crippen molar-refractivity contribution in [1.82, 2.24) is 14.8 Å². The monoisotopic (exact) mass is 458 g/mol. The molecule has 0 saturated carbocycles.